The number of pyridine rings is 1. The Balaban J connectivity index is 2.03. The topological polar surface area (TPSA) is 54.0 Å². The van der Waals surface area contributed by atoms with Crippen molar-refractivity contribution in [2.45, 2.75) is 13.8 Å². The molecule has 2 amide bonds. The van der Waals surface area contributed by atoms with Crippen molar-refractivity contribution in [3.8, 4) is 0 Å². The summed E-state index contributed by atoms with van der Waals surface area (Å²) < 4.78 is 0. The Morgan fingerprint density at radius 1 is 1.17 bits per heavy atom. The van der Waals surface area contributed by atoms with Crippen molar-refractivity contribution in [1.82, 2.24) is 4.98 Å². The molecule has 1 aromatic heterocycles. The maximum Gasteiger partial charge on any atom is 0.323 e. The number of hydrogen-bond acceptors (Lipinski definition) is 2. The molecule has 0 unspecified atom stereocenters. The van der Waals surface area contributed by atoms with Gasteiger partial charge < -0.3 is 10.6 Å². The quantitative estimate of drug-likeness (QED) is 0.847. The fraction of sp³-hybridized carbons (Fsp3) is 0.143. The molecule has 0 aliphatic carbocycles. The summed E-state index contributed by atoms with van der Waals surface area (Å²) in [6.07, 6.45) is 3.26. The molecule has 2 aromatic rings. The fourth-order valence-electron chi connectivity index (χ4n) is 1.68. The lowest BCUT2D eigenvalue weighted by Gasteiger charge is -2.10. The lowest BCUT2D eigenvalue weighted by atomic mass is 10.1. The molecule has 18 heavy (non-hydrogen) atoms. The highest BCUT2D eigenvalue weighted by Crippen LogP contribution is 2.16. The number of benzene rings is 1. The van der Waals surface area contributed by atoms with Gasteiger partial charge in [-0.1, -0.05) is 17.7 Å². The van der Waals surface area contributed by atoms with Gasteiger partial charge >= 0.3 is 6.03 Å². The van der Waals surface area contributed by atoms with Crippen LogP contribution in [0.15, 0.2) is 42.7 Å². The Hall–Kier alpha value is -2.36. The Kier molecular flexibility index (Phi) is 3.57. The van der Waals surface area contributed by atoms with E-state index in [1.807, 2.05) is 32.0 Å². The van der Waals surface area contributed by atoms with Crippen LogP contribution in [0.25, 0.3) is 0 Å². The van der Waals surface area contributed by atoms with Gasteiger partial charge in [0, 0.05) is 11.9 Å². The van der Waals surface area contributed by atoms with E-state index in [-0.39, 0.29) is 6.03 Å². The van der Waals surface area contributed by atoms with Crippen LogP contribution in [0, 0.1) is 13.8 Å². The van der Waals surface area contributed by atoms with Gasteiger partial charge in [-0.05, 0) is 37.6 Å². The summed E-state index contributed by atoms with van der Waals surface area (Å²) in [7, 11) is 0. The molecule has 0 radical (unpaired) electrons. The van der Waals surface area contributed by atoms with Gasteiger partial charge in [0.1, 0.15) is 0 Å². The molecule has 4 heteroatoms. The summed E-state index contributed by atoms with van der Waals surface area (Å²) in [4.78, 5) is 15.7. The molecule has 0 fully saturated rings. The maximum atomic E-state index is 11.8. The molecule has 1 aromatic carbocycles. The van der Waals surface area contributed by atoms with Crippen molar-refractivity contribution in [2.24, 2.45) is 0 Å². The van der Waals surface area contributed by atoms with Gasteiger partial charge in [0.05, 0.1) is 11.9 Å². The third-order valence-electron chi connectivity index (χ3n) is 2.55. The average molecular weight is 241 g/mol. The van der Waals surface area contributed by atoms with Gasteiger partial charge in [0.15, 0.2) is 0 Å². The molecule has 92 valence electrons. The predicted molar refractivity (Wildman–Crippen MR) is 72.8 cm³/mol. The molecule has 2 rings (SSSR count). The lowest BCUT2D eigenvalue weighted by Crippen LogP contribution is -2.20. The van der Waals surface area contributed by atoms with E-state index < -0.39 is 0 Å². The Morgan fingerprint density at radius 3 is 2.67 bits per heavy atom. The number of nitrogens with one attached hydrogen (secondary N) is 2. The van der Waals surface area contributed by atoms with E-state index in [1.54, 1.807) is 24.5 Å². The van der Waals surface area contributed by atoms with E-state index in [1.165, 1.54) is 5.56 Å². The van der Waals surface area contributed by atoms with Crippen LogP contribution in [0.5, 0.6) is 0 Å². The Labute approximate surface area is 106 Å². The van der Waals surface area contributed by atoms with Crippen LogP contribution in [-0.4, -0.2) is 11.0 Å². The van der Waals surface area contributed by atoms with Crippen molar-refractivity contribution >= 4 is 17.4 Å². The molecule has 0 saturated heterocycles. The van der Waals surface area contributed by atoms with Crippen molar-refractivity contribution in [3.05, 3.63) is 53.9 Å². The van der Waals surface area contributed by atoms with Crippen LogP contribution >= 0.6 is 0 Å². The zero-order valence-electron chi connectivity index (χ0n) is 10.4. The largest absolute Gasteiger partial charge is 0.323 e. The molecule has 4 nitrogen and oxygen atoms in total. The van der Waals surface area contributed by atoms with Gasteiger partial charge in [0.25, 0.3) is 0 Å². The van der Waals surface area contributed by atoms with E-state index >= 15 is 0 Å². The third-order valence-corrected chi connectivity index (χ3v) is 2.55. The second-order valence-electron chi connectivity index (χ2n) is 4.14. The second-order valence-corrected chi connectivity index (χ2v) is 4.14. The number of carbonyl (C=O) groups excluding carboxylic acids is 1. The van der Waals surface area contributed by atoms with E-state index in [2.05, 4.69) is 15.6 Å². The van der Waals surface area contributed by atoms with Crippen LogP contribution < -0.4 is 10.6 Å². The van der Waals surface area contributed by atoms with Crippen LogP contribution in [0.4, 0.5) is 16.2 Å². The van der Waals surface area contributed by atoms with Gasteiger partial charge in [-0.2, -0.15) is 0 Å². The highest BCUT2D eigenvalue weighted by molar-refractivity contribution is 6.00. The Morgan fingerprint density at radius 2 is 2.00 bits per heavy atom. The lowest BCUT2D eigenvalue weighted by molar-refractivity contribution is 0.262. The Bertz CT molecular complexity index is 552. The molecule has 0 atom stereocenters. The number of aromatic nitrogens is 1. The number of nitrogens with zero attached hydrogens (tertiary/aromatic N) is 1. The number of anilines is 2. The average Bonchev–Trinajstić information content (AvgIpc) is 2.34. The monoisotopic (exact) mass is 241 g/mol. The number of urea groups is 1. The van der Waals surface area contributed by atoms with Crippen LogP contribution in [0.3, 0.4) is 0 Å². The van der Waals surface area contributed by atoms with Crippen LogP contribution in [-0.2, 0) is 0 Å². The summed E-state index contributed by atoms with van der Waals surface area (Å²) >= 11 is 0. The smallest absolute Gasteiger partial charge is 0.307 e. The standard InChI is InChI=1S/C14H15N3O/c1-10-5-6-13(11(2)8-10)17-14(18)16-12-4-3-7-15-9-12/h3-9H,1-2H3,(H2,16,17,18). The van der Waals surface area contributed by atoms with Crippen molar-refractivity contribution < 1.29 is 4.79 Å². The summed E-state index contributed by atoms with van der Waals surface area (Å²) in [6.45, 7) is 3.99. The molecule has 0 bridgehead atoms. The van der Waals surface area contributed by atoms with E-state index in [0.717, 1.165) is 11.3 Å². The summed E-state index contributed by atoms with van der Waals surface area (Å²) in [5, 5.41) is 5.53. The van der Waals surface area contributed by atoms with E-state index in [4.69, 9.17) is 0 Å². The molecule has 0 spiro atoms. The van der Waals surface area contributed by atoms with E-state index in [9.17, 15) is 4.79 Å². The first-order chi connectivity index (χ1) is 8.65. The zero-order chi connectivity index (χ0) is 13.0. The molecule has 2 N–H and O–H groups in total. The van der Waals surface area contributed by atoms with Crippen LogP contribution in [0.2, 0.25) is 0 Å². The zero-order valence-corrected chi connectivity index (χ0v) is 10.4. The molecular weight excluding hydrogens is 226 g/mol. The number of amides is 2. The van der Waals surface area contributed by atoms with Gasteiger partial charge in [-0.15, -0.1) is 0 Å². The second kappa shape index (κ2) is 5.31. The van der Waals surface area contributed by atoms with Gasteiger partial charge in [-0.3, -0.25) is 4.98 Å². The van der Waals surface area contributed by atoms with Crippen LogP contribution in [0.1, 0.15) is 11.1 Å². The minimum atomic E-state index is -0.269. The summed E-state index contributed by atoms with van der Waals surface area (Å²) in [6, 6.07) is 9.18. The minimum Gasteiger partial charge on any atom is -0.307 e. The first kappa shape index (κ1) is 12.1. The predicted octanol–water partition coefficient (Wildman–Crippen LogP) is 3.34. The molecule has 1 heterocycles. The first-order valence-electron chi connectivity index (χ1n) is 5.70. The number of hydrogen-bond donors (Lipinski definition) is 2. The highest BCUT2D eigenvalue weighted by Gasteiger charge is 2.04. The third kappa shape index (κ3) is 3.07. The SMILES string of the molecule is Cc1ccc(NC(=O)Nc2cccnc2)c(C)c1. The highest BCUT2D eigenvalue weighted by atomic mass is 16.2. The molecular formula is C14H15N3O. The summed E-state index contributed by atoms with van der Waals surface area (Å²) in [5.41, 5.74) is 3.68. The molecule has 0 aliphatic rings. The summed E-state index contributed by atoms with van der Waals surface area (Å²) in [5.74, 6) is 0. The van der Waals surface area contributed by atoms with Crippen molar-refractivity contribution in [3.63, 3.8) is 0 Å². The van der Waals surface area contributed by atoms with Crippen molar-refractivity contribution in [1.29, 1.82) is 0 Å². The van der Waals surface area contributed by atoms with E-state index in [0.29, 0.717) is 5.69 Å². The number of carbonyl (C=O) groups is 1. The normalized spacial score (nSPS) is 9.89. The first-order valence-corrected chi connectivity index (χ1v) is 5.70. The molecule has 0 saturated carbocycles. The minimum absolute atomic E-state index is 0.269. The van der Waals surface area contributed by atoms with Gasteiger partial charge in [0.2, 0.25) is 0 Å². The van der Waals surface area contributed by atoms with Gasteiger partial charge in [-0.25, -0.2) is 4.79 Å². The van der Waals surface area contributed by atoms with Crippen molar-refractivity contribution in [2.75, 3.05) is 10.6 Å². The molecule has 0 aliphatic heterocycles. The maximum absolute atomic E-state index is 11.8. The number of aryl methyl sites for hydroxylation is 2. The number of rotatable bonds is 2. The fourth-order valence-corrected chi connectivity index (χ4v) is 1.68.